The minimum Gasteiger partial charge on any atom is -0.373 e. The van der Waals surface area contributed by atoms with Gasteiger partial charge in [0.15, 0.2) is 0 Å². The lowest BCUT2D eigenvalue weighted by atomic mass is 10.2. The van der Waals surface area contributed by atoms with Crippen LogP contribution in [0.5, 0.6) is 0 Å². The molecule has 2 aromatic carbocycles. The SMILES string of the molecule is C[C@H]1CN(S(=O)(=O)c2ccc(C(=O)Nc3cc(Cl)cc(Cl)c3Cl)cc2)C[C@H](C)O1. The van der Waals surface area contributed by atoms with E-state index >= 15 is 0 Å². The highest BCUT2D eigenvalue weighted by Gasteiger charge is 2.32. The third kappa shape index (κ3) is 5.05. The molecule has 0 spiro atoms. The minimum atomic E-state index is -3.68. The zero-order chi connectivity index (χ0) is 21.3. The molecular formula is C19H19Cl3N2O4S. The Morgan fingerprint density at radius 1 is 1.07 bits per heavy atom. The average molecular weight is 478 g/mol. The molecule has 0 aliphatic carbocycles. The molecule has 1 aliphatic heterocycles. The summed E-state index contributed by atoms with van der Waals surface area (Å²) in [5, 5.41) is 3.33. The third-order valence-electron chi connectivity index (χ3n) is 4.38. The van der Waals surface area contributed by atoms with Crippen LogP contribution in [0.25, 0.3) is 0 Å². The summed E-state index contributed by atoms with van der Waals surface area (Å²) in [5.41, 5.74) is 0.530. The van der Waals surface area contributed by atoms with Gasteiger partial charge in [-0.2, -0.15) is 4.31 Å². The number of carbonyl (C=O) groups is 1. The van der Waals surface area contributed by atoms with Crippen molar-refractivity contribution in [2.45, 2.75) is 31.0 Å². The van der Waals surface area contributed by atoms with Crippen LogP contribution in [-0.2, 0) is 14.8 Å². The highest BCUT2D eigenvalue weighted by molar-refractivity contribution is 7.89. The molecule has 1 N–H and O–H groups in total. The maximum atomic E-state index is 12.9. The molecule has 0 aromatic heterocycles. The second kappa shape index (κ2) is 8.79. The summed E-state index contributed by atoms with van der Waals surface area (Å²) >= 11 is 18.0. The van der Waals surface area contributed by atoms with E-state index in [1.807, 2.05) is 13.8 Å². The zero-order valence-electron chi connectivity index (χ0n) is 15.7. The van der Waals surface area contributed by atoms with Crippen molar-refractivity contribution in [3.8, 4) is 0 Å². The van der Waals surface area contributed by atoms with E-state index in [0.29, 0.717) is 5.02 Å². The number of benzene rings is 2. The average Bonchev–Trinajstić information content (AvgIpc) is 2.65. The predicted octanol–water partition coefficient (Wildman–Crippen LogP) is 4.70. The molecule has 156 valence electrons. The Morgan fingerprint density at radius 3 is 2.24 bits per heavy atom. The molecular weight excluding hydrogens is 459 g/mol. The largest absolute Gasteiger partial charge is 0.373 e. The van der Waals surface area contributed by atoms with Crippen LogP contribution in [0.2, 0.25) is 15.1 Å². The Bertz CT molecular complexity index is 1020. The number of nitrogens with zero attached hydrogens (tertiary/aromatic N) is 1. The molecule has 0 unspecified atom stereocenters. The molecule has 2 aromatic rings. The number of anilines is 1. The smallest absolute Gasteiger partial charge is 0.255 e. The molecule has 1 fully saturated rings. The van der Waals surface area contributed by atoms with Crippen LogP contribution >= 0.6 is 34.8 Å². The van der Waals surface area contributed by atoms with E-state index in [2.05, 4.69) is 5.32 Å². The monoisotopic (exact) mass is 476 g/mol. The molecule has 6 nitrogen and oxygen atoms in total. The number of ether oxygens (including phenoxy) is 1. The lowest BCUT2D eigenvalue weighted by Gasteiger charge is -2.34. The van der Waals surface area contributed by atoms with E-state index < -0.39 is 15.9 Å². The van der Waals surface area contributed by atoms with Gasteiger partial charge in [-0.3, -0.25) is 4.79 Å². The maximum absolute atomic E-state index is 12.9. The van der Waals surface area contributed by atoms with Gasteiger partial charge in [0.25, 0.3) is 5.91 Å². The van der Waals surface area contributed by atoms with Gasteiger partial charge in [0.05, 0.1) is 32.8 Å². The van der Waals surface area contributed by atoms with Crippen LogP contribution in [0.1, 0.15) is 24.2 Å². The molecule has 1 saturated heterocycles. The lowest BCUT2D eigenvalue weighted by molar-refractivity contribution is -0.0440. The van der Waals surface area contributed by atoms with Gasteiger partial charge in [0, 0.05) is 23.7 Å². The van der Waals surface area contributed by atoms with E-state index in [0.717, 1.165) is 0 Å². The first-order chi connectivity index (χ1) is 13.6. The Morgan fingerprint density at radius 2 is 1.66 bits per heavy atom. The molecule has 1 aliphatic rings. The highest BCUT2D eigenvalue weighted by Crippen LogP contribution is 2.33. The number of morpholine rings is 1. The summed E-state index contributed by atoms with van der Waals surface area (Å²) in [6.45, 7) is 4.23. The standard InChI is InChI=1S/C19H19Cl3N2O4S/c1-11-9-24(10-12(2)28-11)29(26,27)15-5-3-13(4-6-15)19(25)23-17-8-14(20)7-16(21)18(17)22/h3-8,11-12H,9-10H2,1-2H3,(H,23,25)/t11-,12-/m0/s1. The predicted molar refractivity (Wildman–Crippen MR) is 115 cm³/mol. The quantitative estimate of drug-likeness (QED) is 0.648. The van der Waals surface area contributed by atoms with Crippen LogP contribution in [0.15, 0.2) is 41.3 Å². The molecule has 0 bridgehead atoms. The summed E-state index contributed by atoms with van der Waals surface area (Å²) in [6.07, 6.45) is -0.374. The first-order valence-electron chi connectivity index (χ1n) is 8.79. The van der Waals surface area contributed by atoms with E-state index in [1.165, 1.54) is 40.7 Å². The summed E-state index contributed by atoms with van der Waals surface area (Å²) in [6, 6.07) is 8.63. The highest BCUT2D eigenvalue weighted by atomic mass is 35.5. The van der Waals surface area contributed by atoms with Crippen LogP contribution in [0.4, 0.5) is 5.69 Å². The van der Waals surface area contributed by atoms with Crippen molar-refractivity contribution in [3.63, 3.8) is 0 Å². The summed E-state index contributed by atoms with van der Waals surface area (Å²) in [4.78, 5) is 12.6. The zero-order valence-corrected chi connectivity index (χ0v) is 18.7. The molecule has 1 amide bonds. The van der Waals surface area contributed by atoms with Crippen molar-refractivity contribution >= 4 is 56.4 Å². The number of carbonyl (C=O) groups excluding carboxylic acids is 1. The molecule has 2 atom stereocenters. The Balaban J connectivity index is 1.78. The van der Waals surface area contributed by atoms with Crippen molar-refractivity contribution in [3.05, 3.63) is 57.0 Å². The molecule has 0 radical (unpaired) electrons. The Kier molecular flexibility index (Phi) is 6.77. The van der Waals surface area contributed by atoms with Crippen molar-refractivity contribution in [2.24, 2.45) is 0 Å². The number of amides is 1. The van der Waals surface area contributed by atoms with Gasteiger partial charge in [-0.25, -0.2) is 8.42 Å². The normalized spacial score (nSPS) is 20.4. The van der Waals surface area contributed by atoms with Gasteiger partial charge in [0.1, 0.15) is 0 Å². The Hall–Kier alpha value is -1.35. The van der Waals surface area contributed by atoms with E-state index in [9.17, 15) is 13.2 Å². The molecule has 1 heterocycles. The summed E-state index contributed by atoms with van der Waals surface area (Å²) in [7, 11) is -3.68. The van der Waals surface area contributed by atoms with Crippen molar-refractivity contribution < 1.29 is 17.9 Å². The van der Waals surface area contributed by atoms with Gasteiger partial charge < -0.3 is 10.1 Å². The Labute approximate surface area is 184 Å². The summed E-state index contributed by atoms with van der Waals surface area (Å²) < 4.78 is 32.8. The number of sulfonamides is 1. The topological polar surface area (TPSA) is 75.7 Å². The number of hydrogen-bond acceptors (Lipinski definition) is 4. The maximum Gasteiger partial charge on any atom is 0.255 e. The van der Waals surface area contributed by atoms with Gasteiger partial charge in [-0.15, -0.1) is 0 Å². The fourth-order valence-electron chi connectivity index (χ4n) is 3.10. The number of nitrogens with one attached hydrogen (secondary N) is 1. The first kappa shape index (κ1) is 22.3. The second-order valence-electron chi connectivity index (χ2n) is 6.81. The van der Waals surface area contributed by atoms with Gasteiger partial charge >= 0.3 is 0 Å². The number of hydrogen-bond donors (Lipinski definition) is 1. The van der Waals surface area contributed by atoms with Crippen LogP contribution in [0, 0.1) is 0 Å². The van der Waals surface area contributed by atoms with Crippen LogP contribution in [-0.4, -0.2) is 43.9 Å². The summed E-state index contributed by atoms with van der Waals surface area (Å²) in [5.74, 6) is -0.470. The number of rotatable bonds is 4. The van der Waals surface area contributed by atoms with Crippen LogP contribution < -0.4 is 5.32 Å². The van der Waals surface area contributed by atoms with Gasteiger partial charge in [-0.05, 0) is 50.2 Å². The lowest BCUT2D eigenvalue weighted by Crippen LogP contribution is -2.48. The minimum absolute atomic E-state index is 0.110. The van der Waals surface area contributed by atoms with Crippen molar-refractivity contribution in [1.82, 2.24) is 4.31 Å². The molecule has 3 rings (SSSR count). The second-order valence-corrected chi connectivity index (χ2v) is 9.97. The molecule has 0 saturated carbocycles. The van der Waals surface area contributed by atoms with Gasteiger partial charge in [0.2, 0.25) is 10.0 Å². The van der Waals surface area contributed by atoms with Crippen molar-refractivity contribution in [1.29, 1.82) is 0 Å². The number of halogens is 3. The van der Waals surface area contributed by atoms with Crippen molar-refractivity contribution in [2.75, 3.05) is 18.4 Å². The molecule has 29 heavy (non-hydrogen) atoms. The molecule has 10 heteroatoms. The van der Waals surface area contributed by atoms with E-state index in [-0.39, 0.29) is 51.5 Å². The third-order valence-corrected chi connectivity index (χ3v) is 7.25. The fraction of sp³-hybridized carbons (Fsp3) is 0.316. The van der Waals surface area contributed by atoms with Crippen LogP contribution in [0.3, 0.4) is 0 Å². The van der Waals surface area contributed by atoms with Gasteiger partial charge in [-0.1, -0.05) is 34.8 Å². The first-order valence-corrected chi connectivity index (χ1v) is 11.4. The van der Waals surface area contributed by atoms with E-state index in [4.69, 9.17) is 39.5 Å². The van der Waals surface area contributed by atoms with E-state index in [1.54, 1.807) is 0 Å². The fourth-order valence-corrected chi connectivity index (χ4v) is 5.34.